The predicted molar refractivity (Wildman–Crippen MR) is 90.0 cm³/mol. The highest BCUT2D eigenvalue weighted by molar-refractivity contribution is 7.19. The zero-order valence-electron chi connectivity index (χ0n) is 12.6. The van der Waals surface area contributed by atoms with Crippen LogP contribution in [0.1, 0.15) is 30.0 Å². The molecule has 0 bridgehead atoms. The van der Waals surface area contributed by atoms with Crippen molar-refractivity contribution >= 4 is 39.2 Å². The van der Waals surface area contributed by atoms with Crippen LogP contribution in [0.3, 0.4) is 0 Å². The lowest BCUT2D eigenvalue weighted by molar-refractivity contribution is -0.137. The summed E-state index contributed by atoms with van der Waals surface area (Å²) < 4.78 is 2.81. The number of carbonyl (C=O) groups is 1. The largest absolute Gasteiger partial charge is 0.481 e. The van der Waals surface area contributed by atoms with Crippen molar-refractivity contribution in [2.45, 2.75) is 19.3 Å². The number of benzene rings is 1. The fraction of sp³-hybridized carbons (Fsp3) is 0.250. The number of aromatic nitrogens is 4. The van der Waals surface area contributed by atoms with Crippen LogP contribution in [0.15, 0.2) is 30.5 Å². The predicted octanol–water partition coefficient (Wildman–Crippen LogP) is 3.22. The van der Waals surface area contributed by atoms with Gasteiger partial charge in [0.1, 0.15) is 5.01 Å². The maximum Gasteiger partial charge on any atom is 0.303 e. The molecule has 23 heavy (non-hydrogen) atoms. The van der Waals surface area contributed by atoms with E-state index in [2.05, 4.69) is 15.3 Å². The van der Waals surface area contributed by atoms with Gasteiger partial charge in [-0.3, -0.25) is 4.79 Å². The molecule has 0 radical (unpaired) electrons. The minimum atomic E-state index is -0.782. The van der Waals surface area contributed by atoms with Crippen molar-refractivity contribution in [1.82, 2.24) is 20.0 Å². The molecule has 6 nitrogen and oxygen atoms in total. The number of carboxylic acid groups (broad SMARTS) is 1. The van der Waals surface area contributed by atoms with Gasteiger partial charge >= 0.3 is 5.97 Å². The smallest absolute Gasteiger partial charge is 0.303 e. The molecule has 7 heteroatoms. The topological polar surface area (TPSA) is 80.9 Å². The highest BCUT2D eigenvalue weighted by atomic mass is 32.1. The van der Waals surface area contributed by atoms with Crippen LogP contribution >= 0.6 is 11.3 Å². The molecule has 0 saturated heterocycles. The summed E-state index contributed by atoms with van der Waals surface area (Å²) in [4.78, 5) is 15.4. The lowest BCUT2D eigenvalue weighted by Gasteiger charge is -2.03. The van der Waals surface area contributed by atoms with Crippen LogP contribution in [0.2, 0.25) is 0 Å². The van der Waals surface area contributed by atoms with Gasteiger partial charge in [-0.2, -0.15) is 0 Å². The number of para-hydroxylation sites is 1. The highest BCUT2D eigenvalue weighted by Gasteiger charge is 2.11. The zero-order valence-corrected chi connectivity index (χ0v) is 13.5. The van der Waals surface area contributed by atoms with Crippen molar-refractivity contribution in [3.05, 3.63) is 41.2 Å². The van der Waals surface area contributed by atoms with Gasteiger partial charge in [0, 0.05) is 13.5 Å². The summed E-state index contributed by atoms with van der Waals surface area (Å²) in [5, 5.41) is 17.6. The maximum absolute atomic E-state index is 10.8. The van der Waals surface area contributed by atoms with Crippen molar-refractivity contribution in [1.29, 1.82) is 0 Å². The minimum absolute atomic E-state index is 0.145. The fourth-order valence-corrected chi connectivity index (χ4v) is 3.30. The molecule has 0 atom stereocenters. The number of fused-ring (bicyclic) bond motifs is 1. The Labute approximate surface area is 137 Å². The number of aliphatic carboxylic acids is 1. The van der Waals surface area contributed by atoms with E-state index in [-0.39, 0.29) is 6.42 Å². The third-order valence-corrected chi connectivity index (χ3v) is 4.59. The standard InChI is InChI=1S/C16H16N4O2S/c1-20-12(10-17-19-20)9-11(5-4-8-15(21)22)16-18-13-6-2-3-7-14(13)23-16/h2-3,6-7,9-10H,4-5,8H2,1H3,(H,21,22). The zero-order chi connectivity index (χ0) is 16.2. The number of rotatable bonds is 6. The first-order valence-electron chi connectivity index (χ1n) is 7.26. The van der Waals surface area contributed by atoms with Gasteiger partial charge in [0.25, 0.3) is 0 Å². The van der Waals surface area contributed by atoms with E-state index < -0.39 is 5.97 Å². The van der Waals surface area contributed by atoms with Crippen LogP contribution in [0.4, 0.5) is 0 Å². The molecule has 0 amide bonds. The Morgan fingerprint density at radius 2 is 2.17 bits per heavy atom. The molecule has 2 aromatic heterocycles. The molecule has 118 valence electrons. The minimum Gasteiger partial charge on any atom is -0.481 e. The van der Waals surface area contributed by atoms with E-state index in [0.717, 1.165) is 26.5 Å². The van der Waals surface area contributed by atoms with Crippen molar-refractivity contribution in [2.75, 3.05) is 0 Å². The summed E-state index contributed by atoms with van der Waals surface area (Å²) in [6.45, 7) is 0. The van der Waals surface area contributed by atoms with Crippen LogP contribution in [0, 0.1) is 0 Å². The van der Waals surface area contributed by atoms with E-state index in [1.807, 2.05) is 37.4 Å². The molecular formula is C16H16N4O2S. The van der Waals surface area contributed by atoms with Gasteiger partial charge in [-0.15, -0.1) is 16.4 Å². The third-order valence-electron chi connectivity index (χ3n) is 3.48. The normalized spacial score (nSPS) is 12.0. The first kappa shape index (κ1) is 15.4. The molecule has 0 fully saturated rings. The van der Waals surface area contributed by atoms with E-state index in [1.54, 1.807) is 22.2 Å². The van der Waals surface area contributed by atoms with Crippen molar-refractivity contribution in [2.24, 2.45) is 7.05 Å². The molecule has 0 unspecified atom stereocenters. The Hall–Kier alpha value is -2.54. The Morgan fingerprint density at radius 3 is 2.87 bits per heavy atom. The Kier molecular flexibility index (Phi) is 4.47. The number of hydrogen-bond acceptors (Lipinski definition) is 5. The van der Waals surface area contributed by atoms with Crippen molar-refractivity contribution < 1.29 is 9.90 Å². The Morgan fingerprint density at radius 1 is 1.35 bits per heavy atom. The molecule has 0 aliphatic rings. The fourth-order valence-electron chi connectivity index (χ4n) is 2.29. The van der Waals surface area contributed by atoms with Crippen molar-refractivity contribution in [3.63, 3.8) is 0 Å². The summed E-state index contributed by atoms with van der Waals surface area (Å²) in [5.41, 5.74) is 2.84. The molecule has 3 aromatic rings. The van der Waals surface area contributed by atoms with E-state index in [1.165, 1.54) is 0 Å². The lowest BCUT2D eigenvalue weighted by atomic mass is 10.1. The van der Waals surface area contributed by atoms with E-state index in [0.29, 0.717) is 12.8 Å². The number of hydrogen-bond donors (Lipinski definition) is 1. The van der Waals surface area contributed by atoms with Crippen LogP contribution in [-0.4, -0.2) is 31.1 Å². The average molecular weight is 328 g/mol. The quantitative estimate of drug-likeness (QED) is 0.751. The van der Waals surface area contributed by atoms with E-state index in [4.69, 9.17) is 5.11 Å². The van der Waals surface area contributed by atoms with Gasteiger partial charge in [-0.25, -0.2) is 9.67 Å². The first-order valence-corrected chi connectivity index (χ1v) is 8.08. The molecule has 1 N–H and O–H groups in total. The number of aryl methyl sites for hydroxylation is 1. The summed E-state index contributed by atoms with van der Waals surface area (Å²) in [5.74, 6) is -0.782. The molecular weight excluding hydrogens is 312 g/mol. The molecule has 0 spiro atoms. The second-order valence-corrected chi connectivity index (χ2v) is 6.22. The monoisotopic (exact) mass is 328 g/mol. The summed E-state index contributed by atoms with van der Waals surface area (Å²) in [6.07, 6.45) is 5.04. The maximum atomic E-state index is 10.8. The van der Waals surface area contributed by atoms with E-state index in [9.17, 15) is 4.79 Å². The lowest BCUT2D eigenvalue weighted by Crippen LogP contribution is -1.96. The third kappa shape index (κ3) is 3.62. The highest BCUT2D eigenvalue weighted by Crippen LogP contribution is 2.31. The van der Waals surface area contributed by atoms with Crippen molar-refractivity contribution in [3.8, 4) is 0 Å². The van der Waals surface area contributed by atoms with Crippen LogP contribution < -0.4 is 0 Å². The van der Waals surface area contributed by atoms with Gasteiger partial charge in [0.05, 0.1) is 22.1 Å². The van der Waals surface area contributed by atoms with E-state index >= 15 is 0 Å². The van der Waals surface area contributed by atoms with Gasteiger partial charge in [0.15, 0.2) is 0 Å². The molecule has 0 aliphatic carbocycles. The SMILES string of the molecule is Cn1nncc1C=C(CCCC(=O)O)c1nc2ccccc2s1. The molecule has 0 aliphatic heterocycles. The van der Waals surface area contributed by atoms with Crippen LogP contribution in [0.5, 0.6) is 0 Å². The number of thiazole rings is 1. The molecule has 2 heterocycles. The summed E-state index contributed by atoms with van der Waals surface area (Å²) in [6, 6.07) is 7.97. The Bertz CT molecular complexity index is 833. The van der Waals surface area contributed by atoms with Crippen LogP contribution in [0.25, 0.3) is 21.9 Å². The van der Waals surface area contributed by atoms with Gasteiger partial charge in [-0.05, 0) is 36.6 Å². The summed E-state index contributed by atoms with van der Waals surface area (Å²) >= 11 is 1.62. The van der Waals surface area contributed by atoms with Crippen LogP contribution in [-0.2, 0) is 11.8 Å². The summed E-state index contributed by atoms with van der Waals surface area (Å²) in [7, 11) is 1.83. The molecule has 3 rings (SSSR count). The molecule has 0 saturated carbocycles. The molecule has 1 aromatic carbocycles. The number of carboxylic acids is 1. The second kappa shape index (κ2) is 6.70. The Balaban J connectivity index is 1.95. The number of allylic oxidation sites excluding steroid dienone is 1. The second-order valence-electron chi connectivity index (χ2n) is 5.19. The van der Waals surface area contributed by atoms with Gasteiger partial charge in [0.2, 0.25) is 0 Å². The number of nitrogens with zero attached hydrogens (tertiary/aromatic N) is 4. The van der Waals surface area contributed by atoms with Gasteiger partial charge < -0.3 is 5.11 Å². The van der Waals surface area contributed by atoms with Gasteiger partial charge in [-0.1, -0.05) is 17.3 Å². The average Bonchev–Trinajstić information content (AvgIpc) is 3.12. The first-order chi connectivity index (χ1) is 11.1.